The maximum atomic E-state index is 13.3. The van der Waals surface area contributed by atoms with Crippen LogP contribution in [0.4, 0.5) is 24.8 Å². The monoisotopic (exact) mass is 578 g/mol. The van der Waals surface area contributed by atoms with Gasteiger partial charge in [-0.15, -0.1) is 0 Å². The molecule has 6 rings (SSSR count). The zero-order valence-electron chi connectivity index (χ0n) is 22.9. The summed E-state index contributed by atoms with van der Waals surface area (Å²) in [6, 6.07) is 8.07. The van der Waals surface area contributed by atoms with Crippen molar-refractivity contribution in [3.05, 3.63) is 65.9 Å². The van der Waals surface area contributed by atoms with Crippen LogP contribution < -0.4 is 11.1 Å². The number of benzene rings is 1. The number of hydrogen-bond donors (Lipinski definition) is 2. The van der Waals surface area contributed by atoms with Crippen LogP contribution in [0.5, 0.6) is 0 Å². The summed E-state index contributed by atoms with van der Waals surface area (Å²) in [6.07, 6.45) is 2.40. The number of likely N-dealkylation sites (tertiary alicyclic amines) is 1. The molecule has 2 amide bonds. The second-order valence-corrected chi connectivity index (χ2v) is 11.2. The van der Waals surface area contributed by atoms with E-state index >= 15 is 0 Å². The van der Waals surface area contributed by atoms with Gasteiger partial charge in [0.1, 0.15) is 29.2 Å². The highest BCUT2D eigenvalue weighted by molar-refractivity contribution is 6.04. The summed E-state index contributed by atoms with van der Waals surface area (Å²) in [4.78, 5) is 40.9. The number of alkyl halides is 3. The molecule has 4 heterocycles. The number of anilines is 2. The molecular weight excluding hydrogens is 549 g/mol. The molecule has 2 aliphatic rings. The Hall–Kier alpha value is -4.55. The van der Waals surface area contributed by atoms with Gasteiger partial charge in [-0.3, -0.25) is 9.59 Å². The summed E-state index contributed by atoms with van der Waals surface area (Å²) in [5.41, 5.74) is 7.01. The molecule has 3 N–H and O–H groups in total. The van der Waals surface area contributed by atoms with Crippen molar-refractivity contribution in [1.29, 1.82) is 0 Å². The molecule has 3 aromatic heterocycles. The molecular formula is C29H29F3N8O2. The summed E-state index contributed by atoms with van der Waals surface area (Å²) in [5, 5.41) is 6.84. The number of halogens is 3. The Bertz CT molecular complexity index is 1660. The van der Waals surface area contributed by atoms with Crippen LogP contribution in [0.1, 0.15) is 66.7 Å². The van der Waals surface area contributed by atoms with Crippen molar-refractivity contribution in [3.8, 4) is 11.3 Å². The Kier molecular flexibility index (Phi) is 6.82. The summed E-state index contributed by atoms with van der Waals surface area (Å²) < 4.78 is 40.8. The fraction of sp³-hybridized carbons (Fsp3) is 0.379. The molecule has 13 heteroatoms. The average molecular weight is 579 g/mol. The van der Waals surface area contributed by atoms with Crippen LogP contribution in [0.3, 0.4) is 0 Å². The first kappa shape index (κ1) is 27.6. The number of nitrogens with zero attached hydrogens (tertiary/aromatic N) is 6. The van der Waals surface area contributed by atoms with Gasteiger partial charge in [0.05, 0.1) is 5.56 Å². The largest absolute Gasteiger partial charge is 0.416 e. The molecule has 218 valence electrons. The molecule has 1 aliphatic carbocycles. The summed E-state index contributed by atoms with van der Waals surface area (Å²) in [5.74, 6) is 0.248. The Morgan fingerprint density at radius 1 is 1.10 bits per heavy atom. The van der Waals surface area contributed by atoms with E-state index in [1.54, 1.807) is 28.8 Å². The predicted molar refractivity (Wildman–Crippen MR) is 148 cm³/mol. The number of imidazole rings is 1. The second kappa shape index (κ2) is 10.4. The molecule has 0 spiro atoms. The number of nitrogens with two attached hydrogens (primary N) is 1. The van der Waals surface area contributed by atoms with E-state index in [1.165, 1.54) is 6.33 Å². The van der Waals surface area contributed by atoms with Gasteiger partial charge in [0.15, 0.2) is 5.82 Å². The van der Waals surface area contributed by atoms with E-state index in [0.29, 0.717) is 29.1 Å². The molecule has 4 aromatic rings. The van der Waals surface area contributed by atoms with Crippen molar-refractivity contribution in [2.75, 3.05) is 24.1 Å². The molecule has 1 aliphatic heterocycles. The molecule has 2 fully saturated rings. The lowest BCUT2D eigenvalue weighted by atomic mass is 9.69. The molecule has 0 radical (unpaired) electrons. The summed E-state index contributed by atoms with van der Waals surface area (Å²) in [7, 11) is 0. The van der Waals surface area contributed by atoms with Gasteiger partial charge in [-0.2, -0.15) is 18.3 Å². The Balaban J connectivity index is 1.26. The highest BCUT2D eigenvalue weighted by Crippen LogP contribution is 2.43. The number of carbonyl (C=O) groups excluding carboxylic acids is 2. The standard InChI is InChI=1S/C29H29F3N8O2/c1-28(10-3-11-28)27(42)39-13-2-4-19(15-39)25-38-22(23-24(33)35-16-36-40(23)25)17-5-7-18(8-6-17)26(41)37-21-14-20(9-12-34-21)29(30,31)32/h5-9,12,14,16,19H,2-4,10-11,13,15H2,1H3,(H2,33,35,36)(H,34,37,41)/t19-/m1/s1. The fourth-order valence-corrected chi connectivity index (χ4v) is 5.76. The van der Waals surface area contributed by atoms with E-state index in [-0.39, 0.29) is 34.4 Å². The van der Waals surface area contributed by atoms with Gasteiger partial charge < -0.3 is 16.0 Å². The molecule has 1 saturated carbocycles. The fourth-order valence-electron chi connectivity index (χ4n) is 5.76. The van der Waals surface area contributed by atoms with Crippen LogP contribution >= 0.6 is 0 Å². The molecule has 42 heavy (non-hydrogen) atoms. The topological polar surface area (TPSA) is 131 Å². The average Bonchev–Trinajstić information content (AvgIpc) is 3.36. The summed E-state index contributed by atoms with van der Waals surface area (Å²) in [6.45, 7) is 3.30. The van der Waals surface area contributed by atoms with Gasteiger partial charge in [0, 0.05) is 41.7 Å². The Morgan fingerprint density at radius 2 is 1.86 bits per heavy atom. The van der Waals surface area contributed by atoms with Gasteiger partial charge in [-0.05, 0) is 49.9 Å². The van der Waals surface area contributed by atoms with Crippen molar-refractivity contribution < 1.29 is 22.8 Å². The number of hydrogen-bond acceptors (Lipinski definition) is 7. The number of amides is 2. The number of fused-ring (bicyclic) bond motifs is 1. The maximum Gasteiger partial charge on any atom is 0.416 e. The van der Waals surface area contributed by atoms with Gasteiger partial charge in [0.2, 0.25) is 5.91 Å². The van der Waals surface area contributed by atoms with E-state index in [4.69, 9.17) is 10.7 Å². The number of aromatic nitrogens is 5. The Morgan fingerprint density at radius 3 is 2.55 bits per heavy atom. The van der Waals surface area contributed by atoms with E-state index < -0.39 is 17.6 Å². The third-order valence-corrected chi connectivity index (χ3v) is 8.28. The molecule has 1 atom stereocenters. The van der Waals surface area contributed by atoms with Crippen LogP contribution in [0, 0.1) is 5.41 Å². The first-order valence-electron chi connectivity index (χ1n) is 13.8. The molecule has 0 unspecified atom stereocenters. The lowest BCUT2D eigenvalue weighted by Crippen LogP contribution is -2.49. The quantitative estimate of drug-likeness (QED) is 0.343. The van der Waals surface area contributed by atoms with E-state index in [1.807, 2.05) is 11.8 Å². The third kappa shape index (κ3) is 5.03. The normalized spacial score (nSPS) is 18.5. The number of pyridine rings is 1. The van der Waals surface area contributed by atoms with Gasteiger partial charge in [-0.1, -0.05) is 25.5 Å². The first-order chi connectivity index (χ1) is 20.0. The number of nitrogens with one attached hydrogen (secondary N) is 1. The van der Waals surface area contributed by atoms with Crippen LogP contribution in [0.15, 0.2) is 48.9 Å². The lowest BCUT2D eigenvalue weighted by Gasteiger charge is -2.43. The zero-order chi connectivity index (χ0) is 29.6. The molecule has 1 saturated heterocycles. The highest BCUT2D eigenvalue weighted by Gasteiger charge is 2.43. The van der Waals surface area contributed by atoms with Crippen molar-refractivity contribution in [1.82, 2.24) is 29.5 Å². The SMILES string of the molecule is CC1(C(=O)N2CCC[C@@H](c3nc(-c4ccc(C(=O)Nc5cc(C(F)(F)F)ccn5)cc4)c4c(N)ncnn34)C2)CCC1. The van der Waals surface area contributed by atoms with Gasteiger partial charge in [-0.25, -0.2) is 19.5 Å². The van der Waals surface area contributed by atoms with Crippen LogP contribution in [0.2, 0.25) is 0 Å². The maximum absolute atomic E-state index is 13.3. The number of carbonyl (C=O) groups is 2. The van der Waals surface area contributed by atoms with E-state index in [9.17, 15) is 22.8 Å². The third-order valence-electron chi connectivity index (χ3n) is 8.28. The molecule has 10 nitrogen and oxygen atoms in total. The zero-order valence-corrected chi connectivity index (χ0v) is 22.9. The number of rotatable bonds is 5. The van der Waals surface area contributed by atoms with Gasteiger partial charge >= 0.3 is 6.18 Å². The first-order valence-corrected chi connectivity index (χ1v) is 13.8. The molecule has 1 aromatic carbocycles. The minimum absolute atomic E-state index is 0.0491. The molecule has 0 bridgehead atoms. The second-order valence-electron chi connectivity index (χ2n) is 11.2. The minimum atomic E-state index is -4.55. The van der Waals surface area contributed by atoms with E-state index in [2.05, 4.69) is 20.4 Å². The van der Waals surface area contributed by atoms with E-state index in [0.717, 1.165) is 57.0 Å². The van der Waals surface area contributed by atoms with Crippen LogP contribution in [0.25, 0.3) is 16.8 Å². The van der Waals surface area contributed by atoms with Crippen LogP contribution in [-0.4, -0.2) is 54.4 Å². The minimum Gasteiger partial charge on any atom is -0.382 e. The Labute approximate surface area is 239 Å². The van der Waals surface area contributed by atoms with Crippen molar-refractivity contribution in [3.63, 3.8) is 0 Å². The smallest absolute Gasteiger partial charge is 0.382 e. The van der Waals surface area contributed by atoms with Crippen molar-refractivity contribution >= 4 is 29.0 Å². The van der Waals surface area contributed by atoms with Crippen LogP contribution in [-0.2, 0) is 11.0 Å². The van der Waals surface area contributed by atoms with Gasteiger partial charge in [0.25, 0.3) is 5.91 Å². The highest BCUT2D eigenvalue weighted by atomic mass is 19.4. The van der Waals surface area contributed by atoms with Crippen molar-refractivity contribution in [2.24, 2.45) is 5.41 Å². The lowest BCUT2D eigenvalue weighted by molar-refractivity contribution is -0.147. The summed E-state index contributed by atoms with van der Waals surface area (Å²) >= 11 is 0. The number of nitrogen functional groups attached to an aromatic ring is 1. The predicted octanol–water partition coefficient (Wildman–Crippen LogP) is 4.94. The van der Waals surface area contributed by atoms with Crippen molar-refractivity contribution in [2.45, 2.75) is 51.1 Å². The number of piperidine rings is 1.